The number of aryl methyl sites for hydroxylation is 2. The first kappa shape index (κ1) is 27.1. The van der Waals surface area contributed by atoms with E-state index in [-0.39, 0.29) is 23.3 Å². The first-order valence-corrected chi connectivity index (χ1v) is 11.0. The Kier molecular flexibility index (Phi) is 9.05. The molecule has 0 bridgehead atoms. The van der Waals surface area contributed by atoms with Gasteiger partial charge in [0, 0.05) is 22.8 Å². The highest BCUT2D eigenvalue weighted by atomic mass is 32.2. The standard InChI is InChI=1S/C22H21F4NO6S/c1-4-33-22(31)20(28)27(10-14-11(2)6-5-7-13(14)21(29)30)16-9-17(12(3)8-15(16)23)34(32)19(26)18(24)25/h5-9,18-19H,4,10H2,1-3H3,(H,29,30). The van der Waals surface area contributed by atoms with Crippen LogP contribution in [0.4, 0.5) is 23.2 Å². The van der Waals surface area contributed by atoms with Crippen molar-refractivity contribution < 1.29 is 46.3 Å². The van der Waals surface area contributed by atoms with Gasteiger partial charge in [0.2, 0.25) is 0 Å². The van der Waals surface area contributed by atoms with Crippen LogP contribution < -0.4 is 4.90 Å². The summed E-state index contributed by atoms with van der Waals surface area (Å²) in [5, 5.41) is 9.50. The third-order valence-electron chi connectivity index (χ3n) is 4.81. The lowest BCUT2D eigenvalue weighted by atomic mass is 10.0. The van der Waals surface area contributed by atoms with E-state index in [9.17, 15) is 41.6 Å². The van der Waals surface area contributed by atoms with Gasteiger partial charge in [0.15, 0.2) is 4.90 Å². The number of carboxylic acids is 1. The number of esters is 1. The predicted octanol–water partition coefficient (Wildman–Crippen LogP) is 3.91. The van der Waals surface area contributed by atoms with Crippen LogP contribution in [0.5, 0.6) is 0 Å². The van der Waals surface area contributed by atoms with E-state index >= 15 is 0 Å². The zero-order valence-corrected chi connectivity index (χ0v) is 19.1. The second-order valence-electron chi connectivity index (χ2n) is 7.07. The van der Waals surface area contributed by atoms with E-state index < -0.39 is 63.9 Å². The van der Waals surface area contributed by atoms with E-state index in [0.29, 0.717) is 10.5 Å². The monoisotopic (exact) mass is 503 g/mol. The van der Waals surface area contributed by atoms with Crippen LogP contribution in [0.1, 0.15) is 34.0 Å². The van der Waals surface area contributed by atoms with Gasteiger partial charge in [-0.2, -0.15) is 4.39 Å². The molecule has 1 amide bonds. The molecule has 184 valence electrons. The molecule has 0 spiro atoms. The third kappa shape index (κ3) is 5.86. The molecule has 2 atom stereocenters. The van der Waals surface area contributed by atoms with Gasteiger partial charge >= 0.3 is 29.8 Å². The Labute approximate surface area is 195 Å². The largest absolute Gasteiger partial charge is 0.609 e. The van der Waals surface area contributed by atoms with Gasteiger partial charge in [-0.3, -0.25) is 9.69 Å². The summed E-state index contributed by atoms with van der Waals surface area (Å²) in [6.07, 6.45) is -3.59. The number of carbonyl (C=O) groups is 3. The Balaban J connectivity index is 2.70. The summed E-state index contributed by atoms with van der Waals surface area (Å²) in [6, 6.07) is 5.68. The lowest BCUT2D eigenvalue weighted by Gasteiger charge is -2.25. The number of benzene rings is 2. The summed E-state index contributed by atoms with van der Waals surface area (Å²) in [7, 11) is 0. The van der Waals surface area contributed by atoms with Gasteiger partial charge in [0.05, 0.1) is 24.4 Å². The SMILES string of the molecule is CCOC(=O)C(=O)N(Cc1c(C)cccc1C(=O)O)c1cc([S+]([O-])C(F)C(F)F)c(C)cc1F. The van der Waals surface area contributed by atoms with E-state index in [1.807, 2.05) is 0 Å². The Morgan fingerprint density at radius 2 is 1.79 bits per heavy atom. The van der Waals surface area contributed by atoms with Gasteiger partial charge in [0.25, 0.3) is 0 Å². The molecule has 34 heavy (non-hydrogen) atoms. The fourth-order valence-corrected chi connectivity index (χ4v) is 4.15. The van der Waals surface area contributed by atoms with Crippen LogP contribution in [-0.4, -0.2) is 46.0 Å². The van der Waals surface area contributed by atoms with Crippen molar-refractivity contribution >= 4 is 34.7 Å². The zero-order chi connectivity index (χ0) is 25.7. The van der Waals surface area contributed by atoms with E-state index in [0.717, 1.165) is 12.1 Å². The molecule has 7 nitrogen and oxygen atoms in total. The van der Waals surface area contributed by atoms with E-state index in [2.05, 4.69) is 4.74 Å². The summed E-state index contributed by atoms with van der Waals surface area (Å²) in [6.45, 7) is 3.31. The minimum Gasteiger partial charge on any atom is -0.609 e. The van der Waals surface area contributed by atoms with Gasteiger partial charge in [-0.15, -0.1) is 0 Å². The first-order valence-electron chi connectivity index (χ1n) is 9.84. The van der Waals surface area contributed by atoms with Gasteiger partial charge in [-0.25, -0.2) is 22.8 Å². The average molecular weight is 503 g/mol. The minimum absolute atomic E-state index is 0.0474. The molecule has 0 aliphatic carbocycles. The molecule has 2 aromatic rings. The smallest absolute Gasteiger partial charge is 0.397 e. The van der Waals surface area contributed by atoms with Crippen molar-refractivity contribution in [2.24, 2.45) is 0 Å². The summed E-state index contributed by atoms with van der Waals surface area (Å²) in [5.74, 6) is -5.27. The molecule has 0 aromatic heterocycles. The maximum absolute atomic E-state index is 15.0. The van der Waals surface area contributed by atoms with Crippen molar-refractivity contribution in [2.75, 3.05) is 11.5 Å². The summed E-state index contributed by atoms with van der Waals surface area (Å²) in [4.78, 5) is 36.7. The van der Waals surface area contributed by atoms with Crippen LogP contribution in [0, 0.1) is 19.7 Å². The van der Waals surface area contributed by atoms with Crippen LogP contribution in [0.15, 0.2) is 35.2 Å². The van der Waals surface area contributed by atoms with Gasteiger partial charge < -0.3 is 14.4 Å². The Bertz CT molecular complexity index is 1100. The number of amides is 1. The first-order chi connectivity index (χ1) is 15.9. The Morgan fingerprint density at radius 1 is 1.15 bits per heavy atom. The highest BCUT2D eigenvalue weighted by Gasteiger charge is 2.37. The molecule has 0 heterocycles. The summed E-state index contributed by atoms with van der Waals surface area (Å²) < 4.78 is 71.3. The number of nitrogens with zero attached hydrogens (tertiary/aromatic N) is 1. The van der Waals surface area contributed by atoms with Gasteiger partial charge in [-0.1, -0.05) is 12.1 Å². The van der Waals surface area contributed by atoms with Crippen molar-refractivity contribution in [3.8, 4) is 0 Å². The molecule has 0 fully saturated rings. The topological polar surface area (TPSA) is 107 Å². The highest BCUT2D eigenvalue weighted by Crippen LogP contribution is 2.32. The molecule has 0 saturated carbocycles. The number of carboxylic acid groups (broad SMARTS) is 1. The number of aromatic carboxylic acids is 1. The molecule has 1 N–H and O–H groups in total. The number of hydrogen-bond acceptors (Lipinski definition) is 5. The van der Waals surface area contributed by atoms with Crippen molar-refractivity contribution in [3.63, 3.8) is 0 Å². The number of hydrogen-bond donors (Lipinski definition) is 1. The number of anilines is 1. The van der Waals surface area contributed by atoms with Crippen LogP contribution >= 0.6 is 0 Å². The second kappa shape index (κ2) is 11.3. The van der Waals surface area contributed by atoms with Crippen LogP contribution in [0.25, 0.3) is 0 Å². The lowest BCUT2D eigenvalue weighted by molar-refractivity contribution is -0.153. The minimum atomic E-state index is -3.59. The Morgan fingerprint density at radius 3 is 2.35 bits per heavy atom. The lowest BCUT2D eigenvalue weighted by Crippen LogP contribution is -2.38. The zero-order valence-electron chi connectivity index (χ0n) is 18.3. The molecule has 0 aliphatic rings. The van der Waals surface area contributed by atoms with Gasteiger partial charge in [0.1, 0.15) is 5.82 Å². The number of rotatable bonds is 8. The number of alkyl halides is 3. The fourth-order valence-electron chi connectivity index (χ4n) is 3.12. The molecule has 12 heteroatoms. The normalized spacial score (nSPS) is 12.9. The third-order valence-corrected chi connectivity index (χ3v) is 6.29. The highest BCUT2D eigenvalue weighted by molar-refractivity contribution is 7.92. The van der Waals surface area contributed by atoms with Crippen molar-refractivity contribution in [1.82, 2.24) is 0 Å². The maximum Gasteiger partial charge on any atom is 0.397 e. The fraction of sp³-hybridized carbons (Fsp3) is 0.318. The van der Waals surface area contributed by atoms with Crippen LogP contribution in [0.2, 0.25) is 0 Å². The van der Waals surface area contributed by atoms with E-state index in [1.165, 1.54) is 39.0 Å². The number of halogens is 4. The summed E-state index contributed by atoms with van der Waals surface area (Å²) in [5.41, 5.74) is -3.70. The molecule has 2 aromatic carbocycles. The molecule has 2 rings (SSSR count). The van der Waals surface area contributed by atoms with E-state index in [1.54, 1.807) is 0 Å². The van der Waals surface area contributed by atoms with Crippen molar-refractivity contribution in [1.29, 1.82) is 0 Å². The maximum atomic E-state index is 15.0. The van der Waals surface area contributed by atoms with Gasteiger partial charge in [-0.05, 0) is 44.0 Å². The molecule has 2 unspecified atom stereocenters. The summed E-state index contributed by atoms with van der Waals surface area (Å²) >= 11 is -2.93. The van der Waals surface area contributed by atoms with Crippen LogP contribution in [-0.2, 0) is 32.0 Å². The molecule has 0 saturated heterocycles. The predicted molar refractivity (Wildman–Crippen MR) is 114 cm³/mol. The average Bonchev–Trinajstić information content (AvgIpc) is 2.77. The molecular formula is C22H21F4NO6S. The Hall–Kier alpha value is -3.12. The van der Waals surface area contributed by atoms with Crippen molar-refractivity contribution in [3.05, 3.63) is 58.4 Å². The quantitative estimate of drug-likeness (QED) is 0.253. The molecule has 0 aliphatic heterocycles. The molecular weight excluding hydrogens is 482 g/mol. The van der Waals surface area contributed by atoms with Crippen LogP contribution in [0.3, 0.4) is 0 Å². The second-order valence-corrected chi connectivity index (χ2v) is 8.56. The van der Waals surface area contributed by atoms with Crippen molar-refractivity contribution in [2.45, 2.75) is 44.1 Å². The number of ether oxygens (including phenoxy) is 1. The number of carbonyl (C=O) groups excluding carboxylic acids is 2. The molecule has 0 radical (unpaired) electrons. The van der Waals surface area contributed by atoms with E-state index in [4.69, 9.17) is 0 Å².